The molecule has 1 fully saturated rings. The summed E-state index contributed by atoms with van der Waals surface area (Å²) >= 11 is 0. The molecule has 0 N–H and O–H groups in total. The minimum absolute atomic E-state index is 0.0255. The van der Waals surface area contributed by atoms with Crippen LogP contribution in [-0.2, 0) is 17.8 Å². The molecule has 0 aromatic heterocycles. The summed E-state index contributed by atoms with van der Waals surface area (Å²) < 4.78 is 11.5. The fourth-order valence-corrected chi connectivity index (χ4v) is 4.88. The number of nitrogens with zero attached hydrogens (tertiary/aromatic N) is 2. The Morgan fingerprint density at radius 2 is 1.84 bits per heavy atom. The summed E-state index contributed by atoms with van der Waals surface area (Å²) in [6.45, 7) is 7.69. The van der Waals surface area contributed by atoms with Crippen LogP contribution in [0.15, 0.2) is 48.5 Å². The molecule has 4 rings (SSSR count). The zero-order valence-corrected chi connectivity index (χ0v) is 19.6. The third-order valence-electron chi connectivity index (χ3n) is 7.13. The maximum absolute atomic E-state index is 13.2. The zero-order chi connectivity index (χ0) is 22.5. The van der Waals surface area contributed by atoms with Gasteiger partial charge in [-0.2, -0.15) is 0 Å². The quantitative estimate of drug-likeness (QED) is 0.667. The molecule has 0 unspecified atom stereocenters. The minimum Gasteiger partial charge on any atom is -0.497 e. The molecule has 5 nitrogen and oxygen atoms in total. The largest absolute Gasteiger partial charge is 0.497 e. The van der Waals surface area contributed by atoms with Gasteiger partial charge in [0, 0.05) is 25.1 Å². The standard InChI is InChI=1S/C27H36N2O3/c1-20-21(2)32-26-10-9-25(31-3)18-24(26)19-29(20)27(30)13-16-28-14-11-23(12-15-28)17-22-7-5-4-6-8-22/h4-10,18,20-21,23H,11-17,19H2,1-3H3/t20-,21+/m1/s1. The van der Waals surface area contributed by atoms with Crippen LogP contribution in [0.1, 0.15) is 44.2 Å². The molecular weight excluding hydrogens is 400 g/mol. The molecule has 0 saturated carbocycles. The van der Waals surface area contributed by atoms with Crippen LogP contribution in [0.2, 0.25) is 0 Å². The molecule has 0 spiro atoms. The monoisotopic (exact) mass is 436 g/mol. The molecule has 2 aliphatic heterocycles. The number of hydrogen-bond acceptors (Lipinski definition) is 4. The third-order valence-corrected chi connectivity index (χ3v) is 7.13. The summed E-state index contributed by atoms with van der Waals surface area (Å²) in [5, 5.41) is 0. The van der Waals surface area contributed by atoms with Gasteiger partial charge < -0.3 is 19.3 Å². The van der Waals surface area contributed by atoms with Crippen molar-refractivity contribution in [3.05, 3.63) is 59.7 Å². The van der Waals surface area contributed by atoms with E-state index in [1.807, 2.05) is 30.0 Å². The van der Waals surface area contributed by atoms with Gasteiger partial charge in [-0.3, -0.25) is 4.79 Å². The van der Waals surface area contributed by atoms with Crippen molar-refractivity contribution in [1.82, 2.24) is 9.80 Å². The lowest BCUT2D eigenvalue weighted by molar-refractivity contribution is -0.135. The van der Waals surface area contributed by atoms with Crippen molar-refractivity contribution in [1.29, 1.82) is 0 Å². The molecule has 0 radical (unpaired) electrons. The minimum atomic E-state index is -0.0534. The topological polar surface area (TPSA) is 42.0 Å². The Hall–Kier alpha value is -2.53. The summed E-state index contributed by atoms with van der Waals surface area (Å²) in [4.78, 5) is 17.7. The van der Waals surface area contributed by atoms with Crippen molar-refractivity contribution in [3.63, 3.8) is 0 Å². The van der Waals surface area contributed by atoms with Crippen molar-refractivity contribution in [2.24, 2.45) is 5.92 Å². The van der Waals surface area contributed by atoms with Gasteiger partial charge in [-0.25, -0.2) is 0 Å². The van der Waals surface area contributed by atoms with Crippen LogP contribution in [0, 0.1) is 5.92 Å². The van der Waals surface area contributed by atoms with Crippen LogP contribution in [0.3, 0.4) is 0 Å². The number of rotatable bonds is 6. The molecule has 2 aromatic carbocycles. The van der Waals surface area contributed by atoms with Crippen LogP contribution in [0.4, 0.5) is 0 Å². The van der Waals surface area contributed by atoms with E-state index in [9.17, 15) is 4.79 Å². The van der Waals surface area contributed by atoms with E-state index in [1.54, 1.807) is 7.11 Å². The van der Waals surface area contributed by atoms with Crippen molar-refractivity contribution < 1.29 is 14.3 Å². The maximum Gasteiger partial charge on any atom is 0.224 e. The van der Waals surface area contributed by atoms with Gasteiger partial charge in [0.2, 0.25) is 5.91 Å². The average molecular weight is 437 g/mol. The van der Waals surface area contributed by atoms with Gasteiger partial charge in [-0.05, 0) is 75.9 Å². The SMILES string of the molecule is COc1ccc2c(c1)CN(C(=O)CCN1CCC(Cc3ccccc3)CC1)[C@H](C)[C@H](C)O2. The maximum atomic E-state index is 13.2. The van der Waals surface area contributed by atoms with Crippen molar-refractivity contribution in [2.45, 2.75) is 58.2 Å². The number of carbonyl (C=O) groups is 1. The first-order valence-corrected chi connectivity index (χ1v) is 11.9. The highest BCUT2D eigenvalue weighted by atomic mass is 16.5. The fourth-order valence-electron chi connectivity index (χ4n) is 4.88. The Labute approximate surface area is 192 Å². The van der Waals surface area contributed by atoms with E-state index in [0.717, 1.165) is 42.6 Å². The Morgan fingerprint density at radius 3 is 2.56 bits per heavy atom. The summed E-state index contributed by atoms with van der Waals surface area (Å²) in [5.74, 6) is 2.59. The van der Waals surface area contributed by atoms with Gasteiger partial charge in [0.05, 0.1) is 13.2 Å². The van der Waals surface area contributed by atoms with Crippen LogP contribution in [0.25, 0.3) is 0 Å². The number of hydrogen-bond donors (Lipinski definition) is 0. The van der Waals surface area contributed by atoms with Gasteiger partial charge in [0.1, 0.15) is 17.6 Å². The number of carbonyl (C=O) groups excluding carboxylic acids is 1. The summed E-state index contributed by atoms with van der Waals surface area (Å²) in [5.41, 5.74) is 2.44. The van der Waals surface area contributed by atoms with E-state index < -0.39 is 0 Å². The lowest BCUT2D eigenvalue weighted by atomic mass is 9.90. The first kappa shape index (κ1) is 22.7. The van der Waals surface area contributed by atoms with Crippen LogP contribution in [0.5, 0.6) is 11.5 Å². The van der Waals surface area contributed by atoms with Gasteiger partial charge >= 0.3 is 0 Å². The van der Waals surface area contributed by atoms with Gasteiger partial charge in [0.15, 0.2) is 0 Å². The first-order chi connectivity index (χ1) is 15.5. The second-order valence-electron chi connectivity index (χ2n) is 9.28. The number of piperidine rings is 1. The number of benzene rings is 2. The van der Waals surface area contributed by atoms with Gasteiger partial charge in [0.25, 0.3) is 0 Å². The molecule has 0 bridgehead atoms. The lowest BCUT2D eigenvalue weighted by Crippen LogP contribution is -2.45. The predicted molar refractivity (Wildman–Crippen MR) is 127 cm³/mol. The summed E-state index contributed by atoms with van der Waals surface area (Å²) in [7, 11) is 1.66. The number of amides is 1. The molecule has 0 aliphatic carbocycles. The van der Waals surface area contributed by atoms with E-state index in [0.29, 0.717) is 13.0 Å². The third kappa shape index (κ3) is 5.44. The Morgan fingerprint density at radius 1 is 1.09 bits per heavy atom. The van der Waals surface area contributed by atoms with Crippen LogP contribution < -0.4 is 9.47 Å². The second kappa shape index (κ2) is 10.4. The molecule has 5 heteroatoms. The average Bonchev–Trinajstić information content (AvgIpc) is 2.94. The Bertz CT molecular complexity index is 893. The fraction of sp³-hybridized carbons (Fsp3) is 0.519. The van der Waals surface area contributed by atoms with Gasteiger partial charge in [-0.1, -0.05) is 30.3 Å². The molecular formula is C27H36N2O3. The molecule has 2 heterocycles. The predicted octanol–water partition coefficient (Wildman–Crippen LogP) is 4.54. The zero-order valence-electron chi connectivity index (χ0n) is 19.6. The van der Waals surface area contributed by atoms with Crippen LogP contribution >= 0.6 is 0 Å². The molecule has 2 atom stereocenters. The van der Waals surface area contributed by atoms with E-state index >= 15 is 0 Å². The van der Waals surface area contributed by atoms with E-state index in [4.69, 9.17) is 9.47 Å². The van der Waals surface area contributed by atoms with Crippen molar-refractivity contribution >= 4 is 5.91 Å². The molecule has 172 valence electrons. The van der Waals surface area contributed by atoms with Crippen LogP contribution in [-0.4, -0.2) is 54.6 Å². The highest BCUT2D eigenvalue weighted by Crippen LogP contribution is 2.31. The number of methoxy groups -OCH3 is 1. The lowest BCUT2D eigenvalue weighted by Gasteiger charge is -2.34. The molecule has 1 amide bonds. The van der Waals surface area contributed by atoms with Crippen molar-refractivity contribution in [3.8, 4) is 11.5 Å². The molecule has 2 aromatic rings. The molecule has 1 saturated heterocycles. The summed E-state index contributed by atoms with van der Waals surface area (Å²) in [6.07, 6.45) is 4.09. The van der Waals surface area contributed by atoms with Crippen molar-refractivity contribution in [2.75, 3.05) is 26.7 Å². The normalized spacial score (nSPS) is 22.0. The number of likely N-dealkylation sites (tertiary alicyclic amines) is 1. The molecule has 32 heavy (non-hydrogen) atoms. The highest BCUT2D eigenvalue weighted by Gasteiger charge is 2.31. The van der Waals surface area contributed by atoms with E-state index in [1.165, 1.54) is 24.8 Å². The summed E-state index contributed by atoms with van der Waals surface area (Å²) in [6, 6.07) is 16.7. The second-order valence-corrected chi connectivity index (χ2v) is 9.28. The van der Waals surface area contributed by atoms with E-state index in [-0.39, 0.29) is 18.1 Å². The number of ether oxygens (including phenoxy) is 2. The molecule has 2 aliphatic rings. The first-order valence-electron chi connectivity index (χ1n) is 11.9. The Kier molecular flexibility index (Phi) is 7.36. The number of fused-ring (bicyclic) bond motifs is 1. The Balaban J connectivity index is 1.30. The van der Waals surface area contributed by atoms with E-state index in [2.05, 4.69) is 42.2 Å². The highest BCUT2D eigenvalue weighted by molar-refractivity contribution is 5.77. The van der Waals surface area contributed by atoms with Gasteiger partial charge in [-0.15, -0.1) is 0 Å². The smallest absolute Gasteiger partial charge is 0.224 e.